The molecule has 0 aliphatic heterocycles. The summed E-state index contributed by atoms with van der Waals surface area (Å²) in [6.45, 7) is 1.87. The fraction of sp³-hybridized carbons (Fsp3) is 0.100. The molecule has 0 aliphatic rings. The molecule has 1 N–H and O–H groups in total. The zero-order valence-corrected chi connectivity index (χ0v) is 17.2. The fourth-order valence-corrected chi connectivity index (χ4v) is 4.53. The van der Waals surface area contributed by atoms with Crippen molar-refractivity contribution in [1.29, 1.82) is 0 Å². The predicted molar refractivity (Wildman–Crippen MR) is 106 cm³/mol. The van der Waals surface area contributed by atoms with Crippen LogP contribution in [0, 0.1) is 6.92 Å². The Kier molecular flexibility index (Phi) is 5.65. The van der Waals surface area contributed by atoms with Gasteiger partial charge in [0.15, 0.2) is 0 Å². The highest BCUT2D eigenvalue weighted by atomic mass is 32.2. The first kappa shape index (κ1) is 20.8. The average Bonchev–Trinajstić information content (AvgIpc) is 2.68. The summed E-state index contributed by atoms with van der Waals surface area (Å²) < 4.78 is 68.2. The largest absolute Gasteiger partial charge is 0.495 e. The first-order valence-electron chi connectivity index (χ1n) is 8.36. The number of hydrogen-bond acceptors (Lipinski definition) is 6. The van der Waals surface area contributed by atoms with E-state index in [0.29, 0.717) is 5.75 Å². The van der Waals surface area contributed by atoms with Gasteiger partial charge in [0.05, 0.1) is 16.9 Å². The Morgan fingerprint density at radius 2 is 1.28 bits per heavy atom. The Morgan fingerprint density at radius 1 is 0.759 bits per heavy atom. The lowest BCUT2D eigenvalue weighted by Gasteiger charge is -2.11. The first-order valence-corrected chi connectivity index (χ1v) is 11.3. The van der Waals surface area contributed by atoms with Crippen molar-refractivity contribution in [2.45, 2.75) is 21.6 Å². The predicted octanol–water partition coefficient (Wildman–Crippen LogP) is 3.88. The van der Waals surface area contributed by atoms with Crippen LogP contribution in [-0.2, 0) is 20.0 Å². The molecule has 152 valence electrons. The Hall–Kier alpha value is -2.88. The number of ether oxygens (including phenoxy) is 2. The summed E-state index contributed by atoms with van der Waals surface area (Å²) in [5.41, 5.74) is 0.955. The smallest absolute Gasteiger partial charge is 0.298 e. The first-order chi connectivity index (χ1) is 13.6. The van der Waals surface area contributed by atoms with Gasteiger partial charge in [0.25, 0.3) is 10.1 Å². The normalized spacial score (nSPS) is 11.8. The molecule has 0 heterocycles. The number of hydrogen-bond donors (Lipinski definition) is 1. The Bertz CT molecular complexity index is 1230. The maximum atomic E-state index is 12.7. The molecular weight excluding hydrogens is 416 g/mol. The van der Waals surface area contributed by atoms with E-state index in [1.165, 1.54) is 43.5 Å². The summed E-state index contributed by atoms with van der Waals surface area (Å²) in [7, 11) is -6.89. The highest BCUT2D eigenvalue weighted by Crippen LogP contribution is 2.31. The molecule has 3 rings (SSSR count). The summed E-state index contributed by atoms with van der Waals surface area (Å²) in [6, 6.07) is 16.2. The van der Waals surface area contributed by atoms with Gasteiger partial charge in [-0.3, -0.25) is 4.55 Å². The number of rotatable bonds is 6. The lowest BCUT2D eigenvalue weighted by atomic mass is 10.2. The molecule has 0 fully saturated rings. The van der Waals surface area contributed by atoms with E-state index < -0.39 is 24.9 Å². The summed E-state index contributed by atoms with van der Waals surface area (Å²) in [4.78, 5) is -0.150. The van der Waals surface area contributed by atoms with Crippen molar-refractivity contribution in [3.8, 4) is 17.2 Å². The summed E-state index contributed by atoms with van der Waals surface area (Å²) in [5, 5.41) is 0. The van der Waals surface area contributed by atoms with Crippen LogP contribution in [0.15, 0.2) is 81.4 Å². The van der Waals surface area contributed by atoms with Crippen molar-refractivity contribution in [2.24, 2.45) is 0 Å². The van der Waals surface area contributed by atoms with Crippen molar-refractivity contribution in [3.05, 3.63) is 72.3 Å². The van der Waals surface area contributed by atoms with Crippen molar-refractivity contribution in [1.82, 2.24) is 0 Å². The van der Waals surface area contributed by atoms with Gasteiger partial charge in [-0.25, -0.2) is 8.42 Å². The SMILES string of the molecule is COc1ccc(Oc2ccc(S(=O)(=O)c3ccc(C)cc3)cc2)cc1S(=O)(=O)O. The van der Waals surface area contributed by atoms with E-state index in [2.05, 4.69) is 0 Å². The standard InChI is InChI=1S/C20H18O7S2/c1-14-3-8-17(9-4-14)28(21,22)18-10-5-15(6-11-18)27-16-7-12-19(26-2)20(13-16)29(23,24)25/h3-13H,1-2H3,(H,23,24,25). The molecule has 0 aliphatic carbocycles. The third kappa shape index (κ3) is 4.58. The molecule has 3 aromatic carbocycles. The molecule has 0 saturated heterocycles. The van der Waals surface area contributed by atoms with Crippen LogP contribution in [0.2, 0.25) is 0 Å². The van der Waals surface area contributed by atoms with Gasteiger partial charge in [-0.05, 0) is 55.5 Å². The Labute approximate surface area is 169 Å². The molecule has 3 aromatic rings. The second-order valence-corrected chi connectivity index (χ2v) is 9.52. The molecule has 7 nitrogen and oxygen atoms in total. The van der Waals surface area contributed by atoms with Gasteiger partial charge in [0.2, 0.25) is 9.84 Å². The molecule has 29 heavy (non-hydrogen) atoms. The molecule has 9 heteroatoms. The summed E-state index contributed by atoms with van der Waals surface area (Å²) in [5.74, 6) is 0.395. The highest BCUT2D eigenvalue weighted by molar-refractivity contribution is 7.91. The summed E-state index contributed by atoms with van der Waals surface area (Å²) in [6.07, 6.45) is 0. The van der Waals surface area contributed by atoms with E-state index in [1.807, 2.05) is 6.92 Å². The molecule has 0 atom stereocenters. The highest BCUT2D eigenvalue weighted by Gasteiger charge is 2.19. The lowest BCUT2D eigenvalue weighted by molar-refractivity contribution is 0.394. The number of sulfone groups is 1. The van der Waals surface area contributed by atoms with E-state index in [4.69, 9.17) is 9.47 Å². The van der Waals surface area contributed by atoms with Gasteiger partial charge < -0.3 is 9.47 Å². The number of benzene rings is 3. The lowest BCUT2D eigenvalue weighted by Crippen LogP contribution is -2.02. The van der Waals surface area contributed by atoms with Crippen LogP contribution in [0.25, 0.3) is 0 Å². The molecular formula is C20H18O7S2. The van der Waals surface area contributed by atoms with Gasteiger partial charge in [0, 0.05) is 6.07 Å². The topological polar surface area (TPSA) is 107 Å². The third-order valence-corrected chi connectivity index (χ3v) is 6.77. The van der Waals surface area contributed by atoms with Crippen molar-refractivity contribution in [3.63, 3.8) is 0 Å². The molecule has 0 bridgehead atoms. The average molecular weight is 434 g/mol. The van der Waals surface area contributed by atoms with E-state index in [0.717, 1.165) is 11.6 Å². The minimum atomic E-state index is -4.50. The van der Waals surface area contributed by atoms with E-state index >= 15 is 0 Å². The monoisotopic (exact) mass is 434 g/mol. The van der Waals surface area contributed by atoms with Crippen LogP contribution < -0.4 is 9.47 Å². The van der Waals surface area contributed by atoms with E-state index in [1.54, 1.807) is 24.3 Å². The molecule has 0 saturated carbocycles. The van der Waals surface area contributed by atoms with Gasteiger partial charge in [-0.1, -0.05) is 17.7 Å². The quantitative estimate of drug-likeness (QED) is 0.587. The zero-order valence-electron chi connectivity index (χ0n) is 15.6. The molecule has 0 unspecified atom stereocenters. The van der Waals surface area contributed by atoms with E-state index in [9.17, 15) is 21.4 Å². The fourth-order valence-electron chi connectivity index (χ4n) is 2.60. The molecule has 0 spiro atoms. The van der Waals surface area contributed by atoms with Crippen molar-refractivity contribution >= 4 is 20.0 Å². The van der Waals surface area contributed by atoms with Crippen LogP contribution >= 0.6 is 0 Å². The second kappa shape index (κ2) is 7.86. The number of methoxy groups -OCH3 is 1. The van der Waals surface area contributed by atoms with Crippen LogP contribution in [0.5, 0.6) is 17.2 Å². The number of aryl methyl sites for hydroxylation is 1. The van der Waals surface area contributed by atoms with Crippen LogP contribution in [0.4, 0.5) is 0 Å². The minimum Gasteiger partial charge on any atom is -0.495 e. The van der Waals surface area contributed by atoms with Gasteiger partial charge in [-0.2, -0.15) is 8.42 Å². The van der Waals surface area contributed by atoms with Crippen molar-refractivity contribution < 1.29 is 30.9 Å². The van der Waals surface area contributed by atoms with Crippen molar-refractivity contribution in [2.75, 3.05) is 7.11 Å². The zero-order chi connectivity index (χ0) is 21.2. The van der Waals surface area contributed by atoms with Crippen LogP contribution in [-0.4, -0.2) is 28.5 Å². The van der Waals surface area contributed by atoms with Gasteiger partial charge in [0.1, 0.15) is 22.1 Å². The Morgan fingerprint density at radius 3 is 1.79 bits per heavy atom. The van der Waals surface area contributed by atoms with Gasteiger partial charge in [-0.15, -0.1) is 0 Å². The van der Waals surface area contributed by atoms with Crippen LogP contribution in [0.3, 0.4) is 0 Å². The maximum Gasteiger partial charge on any atom is 0.298 e. The molecule has 0 radical (unpaired) electrons. The molecule has 0 aromatic heterocycles. The minimum absolute atomic E-state index is 0.0283. The van der Waals surface area contributed by atoms with E-state index in [-0.39, 0.29) is 21.3 Å². The Balaban J connectivity index is 1.87. The second-order valence-electron chi connectivity index (χ2n) is 6.18. The maximum absolute atomic E-state index is 12.7. The summed E-state index contributed by atoms with van der Waals surface area (Å²) >= 11 is 0. The molecule has 0 amide bonds. The third-order valence-electron chi connectivity index (χ3n) is 4.11. The van der Waals surface area contributed by atoms with Gasteiger partial charge >= 0.3 is 0 Å². The van der Waals surface area contributed by atoms with Crippen LogP contribution in [0.1, 0.15) is 5.56 Å².